The van der Waals surface area contributed by atoms with Gasteiger partial charge in [-0.05, 0) is 18.1 Å². The van der Waals surface area contributed by atoms with Crippen LogP contribution in [0.15, 0.2) is 24.3 Å². The molecule has 0 spiro atoms. The highest BCUT2D eigenvalue weighted by molar-refractivity contribution is 5.85. The first-order valence-electron chi connectivity index (χ1n) is 5.95. The second-order valence-corrected chi connectivity index (χ2v) is 4.36. The summed E-state index contributed by atoms with van der Waals surface area (Å²) in [5.41, 5.74) is 2.32. The molecule has 1 heterocycles. The van der Waals surface area contributed by atoms with Crippen LogP contribution in [0, 0.1) is 0 Å². The van der Waals surface area contributed by atoms with Crippen LogP contribution in [0.5, 0.6) is 0 Å². The summed E-state index contributed by atoms with van der Waals surface area (Å²) in [6.07, 6.45) is 0. The van der Waals surface area contributed by atoms with Crippen molar-refractivity contribution in [3.8, 4) is 0 Å². The average molecular weight is 293 g/mol. The number of rotatable bonds is 3. The Morgan fingerprint density at radius 3 is 2.22 bits per heavy atom. The number of aliphatic hydroxyl groups is 1. The number of halogens is 2. The molecule has 1 atom stereocenters. The summed E-state index contributed by atoms with van der Waals surface area (Å²) in [6, 6.07) is 8.73. The minimum Gasteiger partial charge on any atom is -0.392 e. The van der Waals surface area contributed by atoms with E-state index >= 15 is 0 Å². The molecule has 0 aliphatic carbocycles. The van der Waals surface area contributed by atoms with Crippen molar-refractivity contribution >= 4 is 24.8 Å². The SMILES string of the molecule is CC(c1ccc(CO)cc1)N1CCNCC1.Cl.Cl. The van der Waals surface area contributed by atoms with Gasteiger partial charge in [0.05, 0.1) is 6.61 Å². The van der Waals surface area contributed by atoms with Crippen LogP contribution in [-0.2, 0) is 6.61 Å². The fraction of sp³-hybridized carbons (Fsp3) is 0.538. The minimum atomic E-state index is 0. The number of nitrogens with zero attached hydrogens (tertiary/aromatic N) is 1. The highest BCUT2D eigenvalue weighted by Gasteiger charge is 2.17. The lowest BCUT2D eigenvalue weighted by atomic mass is 10.0. The molecule has 0 aromatic heterocycles. The molecule has 1 fully saturated rings. The Kier molecular flexibility index (Phi) is 8.57. The van der Waals surface area contributed by atoms with E-state index in [1.807, 2.05) is 12.1 Å². The van der Waals surface area contributed by atoms with Gasteiger partial charge >= 0.3 is 0 Å². The molecule has 2 N–H and O–H groups in total. The number of hydrogen-bond acceptors (Lipinski definition) is 3. The molecule has 1 aliphatic rings. The van der Waals surface area contributed by atoms with E-state index in [2.05, 4.69) is 29.3 Å². The zero-order chi connectivity index (χ0) is 11.4. The fourth-order valence-corrected chi connectivity index (χ4v) is 2.18. The van der Waals surface area contributed by atoms with Gasteiger partial charge in [0.15, 0.2) is 0 Å². The first kappa shape index (κ1) is 17.7. The van der Waals surface area contributed by atoms with E-state index in [1.165, 1.54) is 5.56 Å². The lowest BCUT2D eigenvalue weighted by molar-refractivity contribution is 0.185. The third kappa shape index (κ3) is 4.41. The number of piperazine rings is 1. The zero-order valence-electron chi connectivity index (χ0n) is 10.6. The maximum Gasteiger partial charge on any atom is 0.0681 e. The van der Waals surface area contributed by atoms with Crippen molar-refractivity contribution in [1.82, 2.24) is 10.2 Å². The van der Waals surface area contributed by atoms with Crippen LogP contribution < -0.4 is 5.32 Å². The van der Waals surface area contributed by atoms with Gasteiger partial charge in [-0.1, -0.05) is 24.3 Å². The van der Waals surface area contributed by atoms with Crippen molar-refractivity contribution in [2.75, 3.05) is 26.2 Å². The van der Waals surface area contributed by atoms with Crippen LogP contribution in [0.4, 0.5) is 0 Å². The molecule has 3 nitrogen and oxygen atoms in total. The third-order valence-corrected chi connectivity index (χ3v) is 3.34. The molecule has 2 rings (SSSR count). The summed E-state index contributed by atoms with van der Waals surface area (Å²) in [6.45, 7) is 6.77. The van der Waals surface area contributed by atoms with Crippen molar-refractivity contribution in [1.29, 1.82) is 0 Å². The molecular weight excluding hydrogens is 271 g/mol. The van der Waals surface area contributed by atoms with Gasteiger partial charge in [-0.3, -0.25) is 4.90 Å². The molecule has 5 heteroatoms. The summed E-state index contributed by atoms with van der Waals surface area (Å²) < 4.78 is 0. The van der Waals surface area contributed by atoms with Crippen LogP contribution in [0.3, 0.4) is 0 Å². The Bertz CT molecular complexity index is 326. The second kappa shape index (κ2) is 8.73. The smallest absolute Gasteiger partial charge is 0.0681 e. The molecule has 0 bridgehead atoms. The number of benzene rings is 1. The number of aliphatic hydroxyl groups excluding tert-OH is 1. The van der Waals surface area contributed by atoms with Crippen LogP contribution in [0.25, 0.3) is 0 Å². The van der Waals surface area contributed by atoms with Gasteiger partial charge in [-0.25, -0.2) is 0 Å². The Morgan fingerprint density at radius 1 is 1.17 bits per heavy atom. The lowest BCUT2D eigenvalue weighted by Gasteiger charge is -2.33. The normalized spacial score (nSPS) is 17.4. The molecular formula is C13H22Cl2N2O. The van der Waals surface area contributed by atoms with Crippen LogP contribution in [0.1, 0.15) is 24.1 Å². The first-order valence-corrected chi connectivity index (χ1v) is 5.95. The molecule has 1 unspecified atom stereocenters. The van der Waals surface area contributed by atoms with E-state index in [1.54, 1.807) is 0 Å². The summed E-state index contributed by atoms with van der Waals surface area (Å²) in [5, 5.41) is 12.4. The second-order valence-electron chi connectivity index (χ2n) is 4.36. The van der Waals surface area contributed by atoms with Crippen molar-refractivity contribution < 1.29 is 5.11 Å². The lowest BCUT2D eigenvalue weighted by Crippen LogP contribution is -2.44. The van der Waals surface area contributed by atoms with Crippen molar-refractivity contribution in [2.24, 2.45) is 0 Å². The van der Waals surface area contributed by atoms with Crippen LogP contribution in [-0.4, -0.2) is 36.2 Å². The highest BCUT2D eigenvalue weighted by Crippen LogP contribution is 2.20. The van der Waals surface area contributed by atoms with E-state index in [-0.39, 0.29) is 31.4 Å². The van der Waals surface area contributed by atoms with E-state index in [0.717, 1.165) is 31.7 Å². The molecule has 0 amide bonds. The first-order chi connectivity index (χ1) is 7.81. The molecule has 1 aliphatic heterocycles. The molecule has 104 valence electrons. The maximum atomic E-state index is 9.00. The Morgan fingerprint density at radius 2 is 1.72 bits per heavy atom. The molecule has 1 saturated heterocycles. The minimum absolute atomic E-state index is 0. The highest BCUT2D eigenvalue weighted by atomic mass is 35.5. The van der Waals surface area contributed by atoms with Gasteiger partial charge in [-0.2, -0.15) is 0 Å². The van der Waals surface area contributed by atoms with Crippen molar-refractivity contribution in [3.63, 3.8) is 0 Å². The van der Waals surface area contributed by atoms with Crippen LogP contribution in [0.2, 0.25) is 0 Å². The Balaban J connectivity index is 0.00000144. The number of hydrogen-bond donors (Lipinski definition) is 2. The summed E-state index contributed by atoms with van der Waals surface area (Å²) in [7, 11) is 0. The monoisotopic (exact) mass is 292 g/mol. The Labute approximate surface area is 121 Å². The van der Waals surface area contributed by atoms with Gasteiger partial charge in [0, 0.05) is 32.2 Å². The van der Waals surface area contributed by atoms with Gasteiger partial charge in [0.1, 0.15) is 0 Å². The van der Waals surface area contributed by atoms with Crippen molar-refractivity contribution in [2.45, 2.75) is 19.6 Å². The predicted octanol–water partition coefficient (Wildman–Crippen LogP) is 1.99. The van der Waals surface area contributed by atoms with E-state index in [9.17, 15) is 0 Å². The van der Waals surface area contributed by atoms with Gasteiger partial charge in [0.25, 0.3) is 0 Å². The number of nitrogens with one attached hydrogen (secondary N) is 1. The van der Waals surface area contributed by atoms with E-state index in [0.29, 0.717) is 6.04 Å². The largest absolute Gasteiger partial charge is 0.392 e. The predicted molar refractivity (Wildman–Crippen MR) is 79.7 cm³/mol. The van der Waals surface area contributed by atoms with Gasteiger partial charge < -0.3 is 10.4 Å². The van der Waals surface area contributed by atoms with Gasteiger partial charge in [-0.15, -0.1) is 24.8 Å². The van der Waals surface area contributed by atoms with Gasteiger partial charge in [0.2, 0.25) is 0 Å². The summed E-state index contributed by atoms with van der Waals surface area (Å²) in [4.78, 5) is 2.49. The maximum absolute atomic E-state index is 9.00. The Hall–Kier alpha value is -0.320. The zero-order valence-corrected chi connectivity index (χ0v) is 12.3. The third-order valence-electron chi connectivity index (χ3n) is 3.34. The molecule has 0 saturated carbocycles. The standard InChI is InChI=1S/C13H20N2O.2ClH/c1-11(15-8-6-14-7-9-15)13-4-2-12(10-16)3-5-13;;/h2-5,11,14,16H,6-10H2,1H3;2*1H. The molecule has 1 aromatic carbocycles. The van der Waals surface area contributed by atoms with E-state index < -0.39 is 0 Å². The summed E-state index contributed by atoms with van der Waals surface area (Å²) >= 11 is 0. The molecule has 18 heavy (non-hydrogen) atoms. The summed E-state index contributed by atoms with van der Waals surface area (Å²) in [5.74, 6) is 0. The average Bonchev–Trinajstić information content (AvgIpc) is 2.39. The van der Waals surface area contributed by atoms with Crippen molar-refractivity contribution in [3.05, 3.63) is 35.4 Å². The topological polar surface area (TPSA) is 35.5 Å². The fourth-order valence-electron chi connectivity index (χ4n) is 2.18. The van der Waals surface area contributed by atoms with Crippen LogP contribution >= 0.6 is 24.8 Å². The van der Waals surface area contributed by atoms with E-state index in [4.69, 9.17) is 5.11 Å². The quantitative estimate of drug-likeness (QED) is 0.894. The molecule has 0 radical (unpaired) electrons. The molecule has 1 aromatic rings.